The summed E-state index contributed by atoms with van der Waals surface area (Å²) in [7, 11) is 1.51. The Morgan fingerprint density at radius 3 is 1.04 bits per heavy atom. The largest absolute Gasteiger partial charge is 0.472 e. The molecule has 0 rings (SSSR count). The van der Waals surface area contributed by atoms with Crippen molar-refractivity contribution >= 4 is 19.7 Å². The zero-order chi connectivity index (χ0) is 64.9. The van der Waals surface area contributed by atoms with Crippen molar-refractivity contribution < 1.29 is 37.3 Å². The number of carbonyl (C=O) groups excluding carboxylic acids is 2. The van der Waals surface area contributed by atoms with E-state index in [0.29, 0.717) is 23.9 Å². The second kappa shape index (κ2) is 68.6. The topological polar surface area (TPSA) is 111 Å². The second-order valence-corrected chi connectivity index (χ2v) is 29.0. The number of hydrogen-bond donors (Lipinski definition) is 2. The van der Waals surface area contributed by atoms with Gasteiger partial charge >= 0.3 is 13.8 Å². The van der Waals surface area contributed by atoms with Gasteiger partial charge in [0.15, 0.2) is 0 Å². The lowest BCUT2D eigenvalue weighted by Gasteiger charge is -2.27. The zero-order valence-corrected chi connectivity index (χ0v) is 60.8. The number of phosphoric acid groups is 1. The van der Waals surface area contributed by atoms with Crippen molar-refractivity contribution in [2.45, 2.75) is 392 Å². The first kappa shape index (κ1) is 86.7. The Morgan fingerprint density at radius 2 is 0.685 bits per heavy atom. The summed E-state index contributed by atoms with van der Waals surface area (Å²) in [5.74, 6) is -0.491. The number of quaternary nitrogens is 1. The summed E-state index contributed by atoms with van der Waals surface area (Å²) in [4.78, 5) is 38.0. The van der Waals surface area contributed by atoms with Gasteiger partial charge in [0.2, 0.25) is 5.91 Å². The number of nitrogens with zero attached hydrogens (tertiary/aromatic N) is 1. The van der Waals surface area contributed by atoms with E-state index in [9.17, 15) is 19.0 Å². The van der Waals surface area contributed by atoms with E-state index in [1.54, 1.807) is 0 Å². The van der Waals surface area contributed by atoms with Crippen LogP contribution in [0.5, 0.6) is 0 Å². The number of esters is 1. The van der Waals surface area contributed by atoms with Gasteiger partial charge in [0.25, 0.3) is 0 Å². The van der Waals surface area contributed by atoms with Crippen LogP contribution in [0.25, 0.3) is 0 Å². The Labute approximate surface area is 553 Å². The van der Waals surface area contributed by atoms with Crippen molar-refractivity contribution in [3.05, 3.63) is 60.8 Å². The molecule has 0 aliphatic rings. The van der Waals surface area contributed by atoms with E-state index in [-0.39, 0.29) is 25.1 Å². The minimum absolute atomic E-state index is 0.0405. The Kier molecular flexibility index (Phi) is 66.8. The monoisotopic (exact) mass is 1270 g/mol. The van der Waals surface area contributed by atoms with Gasteiger partial charge in [-0.15, -0.1) is 0 Å². The van der Waals surface area contributed by atoms with Crippen LogP contribution in [0.4, 0.5) is 0 Å². The number of nitrogens with one attached hydrogen (secondary N) is 1. The second-order valence-electron chi connectivity index (χ2n) is 27.5. The standard InChI is InChI=1S/C79H149N2O7P/c1-7-10-13-16-19-22-25-27-29-31-33-35-37-39-40-42-43-45-47-49-51-53-56-59-62-65-68-71-78(82)80-76(75-87-89(84,85)86-74-73-81(4,5)6)77(70-67-64-61-58-55-24-21-18-15-12-9-3)88-79(83)72-69-66-63-60-57-54-52-50-48-46-44-41-38-36-34-32-30-28-26-23-20-17-14-11-8-2/h19,22,27,29,33,35,39-40,67,70,76-77H,7-18,20-21,23-26,28,30-32,34,36-38,41-66,68-69,71-75H2,1-6H3,(H-,80,82,84,85)/p+1/b22-19-,29-27-,35-33-,40-39-,70-67+. The Hall–Kier alpha value is -2.29. The van der Waals surface area contributed by atoms with Crippen LogP contribution in [0.3, 0.4) is 0 Å². The third kappa shape index (κ3) is 69.9. The molecule has 3 atom stereocenters. The van der Waals surface area contributed by atoms with E-state index >= 15 is 0 Å². The van der Waals surface area contributed by atoms with E-state index in [2.05, 4.69) is 74.7 Å². The number of rotatable bonds is 71. The first-order valence-corrected chi connectivity index (χ1v) is 40.1. The van der Waals surface area contributed by atoms with Crippen LogP contribution >= 0.6 is 7.82 Å². The molecule has 1 amide bonds. The fraction of sp³-hybridized carbons (Fsp3) is 0.848. The normalized spacial score (nSPS) is 13.7. The highest BCUT2D eigenvalue weighted by Crippen LogP contribution is 2.43. The minimum Gasteiger partial charge on any atom is -0.456 e. The van der Waals surface area contributed by atoms with Crippen LogP contribution < -0.4 is 5.32 Å². The SMILES string of the molecule is CCCCC/C=C\C/C=C\C/C=C\C/C=C\CCCCCCCCCCCCCC(=O)NC(COP(=O)(O)OCC[N+](C)(C)C)C(/C=C/CCCCCCCCCCC)OC(=O)CCCCCCCCCCCCCCCCCCCCCCCCCCC. The molecule has 0 saturated carbocycles. The van der Waals surface area contributed by atoms with Gasteiger partial charge in [-0.1, -0.05) is 352 Å². The van der Waals surface area contributed by atoms with Gasteiger partial charge in [-0.3, -0.25) is 18.6 Å². The summed E-state index contributed by atoms with van der Waals surface area (Å²) in [6, 6.07) is -0.850. The molecule has 0 fully saturated rings. The quantitative estimate of drug-likeness (QED) is 0.0205. The fourth-order valence-electron chi connectivity index (χ4n) is 11.5. The molecule has 9 nitrogen and oxygen atoms in total. The summed E-state index contributed by atoms with van der Waals surface area (Å²) in [6.07, 6.45) is 89.7. The van der Waals surface area contributed by atoms with Crippen molar-refractivity contribution in [1.29, 1.82) is 0 Å². The van der Waals surface area contributed by atoms with Gasteiger partial charge in [0.05, 0.1) is 33.8 Å². The smallest absolute Gasteiger partial charge is 0.456 e. The maximum atomic E-state index is 13.6. The molecule has 0 aliphatic carbocycles. The number of likely N-dealkylation sites (N-methyl/N-ethyl adjacent to an activating group) is 1. The van der Waals surface area contributed by atoms with E-state index in [1.807, 2.05) is 33.3 Å². The van der Waals surface area contributed by atoms with Gasteiger partial charge in [-0.25, -0.2) is 4.57 Å². The number of amides is 1. The third-order valence-corrected chi connectivity index (χ3v) is 18.4. The van der Waals surface area contributed by atoms with E-state index in [1.165, 1.54) is 270 Å². The maximum absolute atomic E-state index is 13.6. The molecule has 0 aliphatic heterocycles. The molecule has 89 heavy (non-hydrogen) atoms. The average molecular weight is 1270 g/mol. The van der Waals surface area contributed by atoms with Crippen molar-refractivity contribution in [2.24, 2.45) is 0 Å². The summed E-state index contributed by atoms with van der Waals surface area (Å²) in [5.41, 5.74) is 0. The Morgan fingerprint density at radius 1 is 0.393 bits per heavy atom. The van der Waals surface area contributed by atoms with Gasteiger partial charge in [0, 0.05) is 12.8 Å². The predicted octanol–water partition coefficient (Wildman–Crippen LogP) is 24.9. The molecule has 0 bridgehead atoms. The van der Waals surface area contributed by atoms with E-state index in [0.717, 1.165) is 77.0 Å². The van der Waals surface area contributed by atoms with Crippen molar-refractivity contribution in [2.75, 3.05) is 40.9 Å². The van der Waals surface area contributed by atoms with Crippen LogP contribution in [0.15, 0.2) is 60.8 Å². The van der Waals surface area contributed by atoms with Crippen LogP contribution in [0.2, 0.25) is 0 Å². The molecule has 3 unspecified atom stereocenters. The van der Waals surface area contributed by atoms with Gasteiger partial charge in [-0.05, 0) is 76.7 Å². The lowest BCUT2D eigenvalue weighted by Crippen LogP contribution is -2.47. The number of carbonyl (C=O) groups is 2. The number of phosphoric ester groups is 1. The Balaban J connectivity index is 4.91. The highest BCUT2D eigenvalue weighted by Gasteiger charge is 2.30. The number of ether oxygens (including phenoxy) is 1. The molecule has 0 aromatic heterocycles. The van der Waals surface area contributed by atoms with E-state index in [4.69, 9.17) is 13.8 Å². The fourth-order valence-corrected chi connectivity index (χ4v) is 12.3. The summed E-state index contributed by atoms with van der Waals surface area (Å²) in [5, 5.41) is 3.08. The number of unbranched alkanes of at least 4 members (excludes halogenated alkanes) is 47. The number of allylic oxidation sites excluding steroid dienone is 9. The molecule has 0 aromatic rings. The lowest BCUT2D eigenvalue weighted by atomic mass is 10.0. The van der Waals surface area contributed by atoms with E-state index < -0.39 is 20.0 Å². The first-order valence-electron chi connectivity index (χ1n) is 38.6. The molecule has 0 heterocycles. The Bertz CT molecular complexity index is 1700. The van der Waals surface area contributed by atoms with Crippen molar-refractivity contribution in [1.82, 2.24) is 5.32 Å². The van der Waals surface area contributed by atoms with Crippen LogP contribution in [-0.2, 0) is 27.9 Å². The first-order chi connectivity index (χ1) is 43.4. The molecule has 0 saturated heterocycles. The molecular formula is C79H150N2O7P+. The molecular weight excluding hydrogens is 1120 g/mol. The average Bonchev–Trinajstić information content (AvgIpc) is 3.70. The van der Waals surface area contributed by atoms with Crippen molar-refractivity contribution in [3.8, 4) is 0 Å². The van der Waals surface area contributed by atoms with Crippen LogP contribution in [-0.4, -0.2) is 74.3 Å². The molecule has 522 valence electrons. The summed E-state index contributed by atoms with van der Waals surface area (Å²) in [6.45, 7) is 7.04. The van der Waals surface area contributed by atoms with Gasteiger partial charge < -0.3 is 19.4 Å². The molecule has 0 radical (unpaired) electrons. The van der Waals surface area contributed by atoms with Crippen molar-refractivity contribution in [3.63, 3.8) is 0 Å². The summed E-state index contributed by atoms with van der Waals surface area (Å²) >= 11 is 0. The molecule has 0 aromatic carbocycles. The third-order valence-electron chi connectivity index (χ3n) is 17.5. The van der Waals surface area contributed by atoms with Crippen LogP contribution in [0, 0.1) is 0 Å². The highest BCUT2D eigenvalue weighted by atomic mass is 31.2. The van der Waals surface area contributed by atoms with Gasteiger partial charge in [0.1, 0.15) is 19.3 Å². The zero-order valence-electron chi connectivity index (χ0n) is 59.9. The highest BCUT2D eigenvalue weighted by molar-refractivity contribution is 7.47. The maximum Gasteiger partial charge on any atom is 0.472 e. The van der Waals surface area contributed by atoms with Gasteiger partial charge in [-0.2, -0.15) is 0 Å². The predicted molar refractivity (Wildman–Crippen MR) is 388 cm³/mol. The minimum atomic E-state index is -4.46. The van der Waals surface area contributed by atoms with Crippen LogP contribution in [0.1, 0.15) is 380 Å². The number of hydrogen-bond acceptors (Lipinski definition) is 6. The lowest BCUT2D eigenvalue weighted by molar-refractivity contribution is -0.870. The molecule has 10 heteroatoms. The molecule has 2 N–H and O–H groups in total. The summed E-state index contributed by atoms with van der Waals surface area (Å²) < 4.78 is 30.9. The molecule has 0 spiro atoms.